The van der Waals surface area contributed by atoms with Gasteiger partial charge in [0.05, 0.1) is 12.9 Å². The summed E-state index contributed by atoms with van der Waals surface area (Å²) in [6.07, 6.45) is 2.41. The molecule has 7 nitrogen and oxygen atoms in total. The normalized spacial score (nSPS) is 16.4. The summed E-state index contributed by atoms with van der Waals surface area (Å²) in [7, 11) is 1.67. The lowest BCUT2D eigenvalue weighted by Crippen LogP contribution is -2.22. The van der Waals surface area contributed by atoms with E-state index in [4.69, 9.17) is 4.74 Å². The number of nitrogens with zero attached hydrogens (tertiary/aromatic N) is 4. The van der Waals surface area contributed by atoms with E-state index >= 15 is 0 Å². The number of methoxy groups -OCH3 is 1. The Hall–Kier alpha value is -3.40. The molecule has 32 heavy (non-hydrogen) atoms. The third-order valence-corrected chi connectivity index (χ3v) is 5.33. The molecule has 1 aliphatic heterocycles. The number of rotatable bonds is 6. The van der Waals surface area contributed by atoms with Crippen LogP contribution in [0.25, 0.3) is 5.69 Å². The molecule has 0 unspecified atom stereocenters. The molecule has 4 rings (SSSR count). The van der Waals surface area contributed by atoms with Gasteiger partial charge in [0, 0.05) is 67.3 Å². The van der Waals surface area contributed by atoms with Gasteiger partial charge in [0.15, 0.2) is 0 Å². The summed E-state index contributed by atoms with van der Waals surface area (Å²) >= 11 is 0. The number of pyridine rings is 1. The molecule has 1 amide bonds. The van der Waals surface area contributed by atoms with Gasteiger partial charge in [0.2, 0.25) is 0 Å². The summed E-state index contributed by atoms with van der Waals surface area (Å²) in [5.41, 5.74) is 0.862. The maximum Gasteiger partial charge on any atom is 0.433 e. The highest BCUT2D eigenvalue weighted by Gasteiger charge is 2.32. The van der Waals surface area contributed by atoms with Crippen molar-refractivity contribution in [2.75, 3.05) is 37.0 Å². The molecule has 10 heteroatoms. The predicted octanol–water partition coefficient (Wildman–Crippen LogP) is 4.01. The molecule has 168 valence electrons. The van der Waals surface area contributed by atoms with E-state index in [9.17, 15) is 18.0 Å². The van der Waals surface area contributed by atoms with Gasteiger partial charge in [-0.15, -0.1) is 0 Å². The van der Waals surface area contributed by atoms with Crippen LogP contribution in [-0.4, -0.2) is 47.2 Å². The maximum absolute atomic E-state index is 13.0. The molecular formula is C22H22F3N5O2. The van der Waals surface area contributed by atoms with E-state index in [0.717, 1.165) is 43.1 Å². The molecule has 1 aliphatic rings. The molecule has 0 spiro atoms. The first kappa shape index (κ1) is 21.8. The Morgan fingerprint density at radius 1 is 1.22 bits per heavy atom. The third kappa shape index (κ3) is 4.91. The molecule has 1 fully saturated rings. The van der Waals surface area contributed by atoms with Gasteiger partial charge in [0.25, 0.3) is 5.91 Å². The number of hydrogen-bond acceptors (Lipinski definition) is 5. The number of hydrogen-bond donors (Lipinski definition) is 1. The van der Waals surface area contributed by atoms with Crippen LogP contribution in [0.15, 0.2) is 55.2 Å². The quantitative estimate of drug-likeness (QED) is 0.621. The zero-order valence-electron chi connectivity index (χ0n) is 17.3. The lowest BCUT2D eigenvalue weighted by Gasteiger charge is -2.21. The first-order chi connectivity index (χ1) is 15.3. The average molecular weight is 445 g/mol. The van der Waals surface area contributed by atoms with Gasteiger partial charge in [-0.1, -0.05) is 0 Å². The van der Waals surface area contributed by atoms with Crippen molar-refractivity contribution in [1.29, 1.82) is 0 Å². The highest BCUT2D eigenvalue weighted by Crippen LogP contribution is 2.30. The van der Waals surface area contributed by atoms with Gasteiger partial charge in [-0.25, -0.2) is 4.98 Å². The largest absolute Gasteiger partial charge is 0.433 e. The Kier molecular flexibility index (Phi) is 6.13. The van der Waals surface area contributed by atoms with E-state index < -0.39 is 17.8 Å². The molecule has 0 aliphatic carbocycles. The van der Waals surface area contributed by atoms with Crippen molar-refractivity contribution in [3.63, 3.8) is 0 Å². The first-order valence-corrected chi connectivity index (χ1v) is 10.1. The molecule has 1 saturated heterocycles. The van der Waals surface area contributed by atoms with Crippen molar-refractivity contribution in [3.05, 3.63) is 66.5 Å². The lowest BCUT2D eigenvalue weighted by atomic mass is 10.1. The third-order valence-electron chi connectivity index (χ3n) is 5.33. The minimum Gasteiger partial charge on any atom is -0.384 e. The number of amides is 1. The fraction of sp³-hybridized carbons (Fsp3) is 0.318. The molecule has 3 aromatic rings. The van der Waals surface area contributed by atoms with Crippen LogP contribution in [-0.2, 0) is 10.9 Å². The Bertz CT molecular complexity index is 1090. The lowest BCUT2D eigenvalue weighted by molar-refractivity contribution is -0.141. The van der Waals surface area contributed by atoms with E-state index in [2.05, 4.69) is 20.2 Å². The Balaban J connectivity index is 1.63. The number of benzene rings is 1. The SMILES string of the molecule is COC[C@H]1CCN(c2cc(C(=O)Nc3ccnc(C(F)(F)F)c3)cc(-n3ccnc3)c2)C1. The Labute approximate surface area is 182 Å². The molecule has 0 bridgehead atoms. The number of nitrogens with one attached hydrogen (secondary N) is 1. The molecule has 1 N–H and O–H groups in total. The monoisotopic (exact) mass is 445 g/mol. The fourth-order valence-electron chi connectivity index (χ4n) is 3.78. The number of aromatic nitrogens is 3. The fourth-order valence-corrected chi connectivity index (χ4v) is 3.78. The van der Waals surface area contributed by atoms with E-state index in [0.29, 0.717) is 18.1 Å². The molecule has 0 saturated carbocycles. The summed E-state index contributed by atoms with van der Waals surface area (Å²) in [5.74, 6) is -0.119. The van der Waals surface area contributed by atoms with Gasteiger partial charge >= 0.3 is 6.18 Å². The second kappa shape index (κ2) is 8.99. The summed E-state index contributed by atoms with van der Waals surface area (Å²) in [6, 6.07) is 7.52. The van der Waals surface area contributed by atoms with Gasteiger partial charge in [0.1, 0.15) is 5.69 Å². The topological polar surface area (TPSA) is 72.3 Å². The van der Waals surface area contributed by atoms with Crippen molar-refractivity contribution in [1.82, 2.24) is 14.5 Å². The van der Waals surface area contributed by atoms with Gasteiger partial charge in [-0.2, -0.15) is 13.2 Å². The van der Waals surface area contributed by atoms with E-state index in [1.807, 2.05) is 6.07 Å². The van der Waals surface area contributed by atoms with Crippen molar-refractivity contribution in [3.8, 4) is 5.69 Å². The number of imidazole rings is 1. The molecule has 2 aromatic heterocycles. The Morgan fingerprint density at radius 2 is 2.03 bits per heavy atom. The van der Waals surface area contributed by atoms with Crippen LogP contribution in [0.5, 0.6) is 0 Å². The van der Waals surface area contributed by atoms with Gasteiger partial charge < -0.3 is 19.5 Å². The van der Waals surface area contributed by atoms with E-state index in [1.165, 1.54) is 6.07 Å². The summed E-state index contributed by atoms with van der Waals surface area (Å²) in [4.78, 5) is 22.5. The highest BCUT2D eigenvalue weighted by molar-refractivity contribution is 6.05. The zero-order chi connectivity index (χ0) is 22.7. The second-order valence-electron chi connectivity index (χ2n) is 7.65. The van der Waals surface area contributed by atoms with E-state index in [-0.39, 0.29) is 5.69 Å². The summed E-state index contributed by atoms with van der Waals surface area (Å²) < 4.78 is 45.9. The van der Waals surface area contributed by atoms with Gasteiger partial charge in [-0.3, -0.25) is 9.78 Å². The van der Waals surface area contributed by atoms with Crippen molar-refractivity contribution < 1.29 is 22.7 Å². The molecule has 1 atom stereocenters. The standard InChI is InChI=1S/C22H22F3N5O2/c1-32-13-15-3-6-29(12-15)18-8-16(9-19(11-18)30-7-5-26-14-30)21(31)28-17-2-4-27-20(10-17)22(23,24)25/h2,4-5,7-11,14-15H,3,6,12-13H2,1H3,(H,27,28,31)/t15-/m0/s1. The van der Waals surface area contributed by atoms with Crippen LogP contribution in [0.1, 0.15) is 22.5 Å². The number of carbonyl (C=O) groups is 1. The van der Waals surface area contributed by atoms with Crippen LogP contribution in [0, 0.1) is 5.92 Å². The minimum atomic E-state index is -4.59. The molecule has 3 heterocycles. The maximum atomic E-state index is 13.0. The summed E-state index contributed by atoms with van der Waals surface area (Å²) in [5, 5.41) is 2.55. The van der Waals surface area contributed by atoms with Crippen molar-refractivity contribution in [2.24, 2.45) is 5.92 Å². The van der Waals surface area contributed by atoms with Gasteiger partial charge in [-0.05, 0) is 36.8 Å². The van der Waals surface area contributed by atoms with Crippen LogP contribution in [0.3, 0.4) is 0 Å². The zero-order valence-corrected chi connectivity index (χ0v) is 17.3. The number of halogens is 3. The number of ether oxygens (including phenoxy) is 1. The molecule has 1 aromatic carbocycles. The second-order valence-corrected chi connectivity index (χ2v) is 7.65. The molecule has 0 radical (unpaired) electrons. The van der Waals surface area contributed by atoms with Crippen molar-refractivity contribution in [2.45, 2.75) is 12.6 Å². The van der Waals surface area contributed by atoms with E-state index in [1.54, 1.807) is 42.5 Å². The first-order valence-electron chi connectivity index (χ1n) is 10.1. The van der Waals surface area contributed by atoms with Crippen LogP contribution < -0.4 is 10.2 Å². The minimum absolute atomic E-state index is 0.0215. The number of carbonyl (C=O) groups excluding carboxylic acids is 1. The van der Waals surface area contributed by atoms with Crippen LogP contribution in [0.4, 0.5) is 24.5 Å². The Morgan fingerprint density at radius 3 is 2.75 bits per heavy atom. The number of alkyl halides is 3. The van der Waals surface area contributed by atoms with Crippen LogP contribution >= 0.6 is 0 Å². The molecular weight excluding hydrogens is 423 g/mol. The smallest absolute Gasteiger partial charge is 0.384 e. The summed E-state index contributed by atoms with van der Waals surface area (Å²) in [6.45, 7) is 2.28. The highest BCUT2D eigenvalue weighted by atomic mass is 19.4. The van der Waals surface area contributed by atoms with Crippen LogP contribution in [0.2, 0.25) is 0 Å². The number of anilines is 2. The predicted molar refractivity (Wildman–Crippen MR) is 113 cm³/mol. The van der Waals surface area contributed by atoms with Crippen molar-refractivity contribution >= 4 is 17.3 Å². The average Bonchev–Trinajstić information content (AvgIpc) is 3.46.